The van der Waals surface area contributed by atoms with Crippen molar-refractivity contribution in [2.75, 3.05) is 0 Å². The second kappa shape index (κ2) is 10.5. The maximum atomic E-state index is 6.73. The summed E-state index contributed by atoms with van der Waals surface area (Å²) in [5.74, 6) is -0.744. The zero-order valence-corrected chi connectivity index (χ0v) is 26.0. The molecule has 0 amide bonds. The zero-order chi connectivity index (χ0) is 28.0. The lowest BCUT2D eigenvalue weighted by atomic mass is 9.89. The van der Waals surface area contributed by atoms with E-state index in [0.717, 1.165) is 38.7 Å². The van der Waals surface area contributed by atoms with E-state index in [1.165, 1.54) is 22.3 Å². The SMILES string of the molecule is CC1(C)OC(c2pnc(C(C)(C)C)cc2-c2ccccc2)C(c2pnc(C(C)(C)C)cc2-c2ccccc2)O1. The Morgan fingerprint density at radius 2 is 0.974 bits per heavy atom. The van der Waals surface area contributed by atoms with Gasteiger partial charge in [0.2, 0.25) is 0 Å². The Kier molecular flexibility index (Phi) is 7.55. The molecule has 1 aliphatic rings. The number of nitrogens with zero attached hydrogens (tertiary/aromatic N) is 2. The number of ether oxygens (including phenoxy) is 2. The van der Waals surface area contributed by atoms with Crippen LogP contribution in [0.25, 0.3) is 22.3 Å². The van der Waals surface area contributed by atoms with E-state index >= 15 is 0 Å². The van der Waals surface area contributed by atoms with Crippen molar-refractivity contribution in [3.63, 3.8) is 0 Å². The molecule has 1 fully saturated rings. The summed E-state index contributed by atoms with van der Waals surface area (Å²) in [5, 5.41) is 2.26. The summed E-state index contributed by atoms with van der Waals surface area (Å²) in [5.41, 5.74) is 6.76. The average molecular weight is 557 g/mol. The average Bonchev–Trinajstić information content (AvgIpc) is 3.23. The fourth-order valence-corrected chi connectivity index (χ4v) is 7.17. The van der Waals surface area contributed by atoms with E-state index in [-0.39, 0.29) is 23.0 Å². The number of rotatable bonds is 4. The van der Waals surface area contributed by atoms with E-state index in [9.17, 15) is 0 Å². The van der Waals surface area contributed by atoms with Crippen molar-refractivity contribution in [2.24, 2.45) is 0 Å². The monoisotopic (exact) mass is 556 g/mol. The van der Waals surface area contributed by atoms with Crippen LogP contribution in [-0.2, 0) is 20.3 Å². The molecular weight excluding hydrogens is 518 g/mol. The molecule has 5 rings (SSSR count). The largest absolute Gasteiger partial charge is 0.339 e. The predicted molar refractivity (Wildman–Crippen MR) is 164 cm³/mol. The van der Waals surface area contributed by atoms with E-state index in [2.05, 4.69) is 114 Å². The summed E-state index contributed by atoms with van der Waals surface area (Å²) >= 11 is 0. The van der Waals surface area contributed by atoms with Crippen LogP contribution < -0.4 is 0 Å². The molecule has 0 N–H and O–H groups in total. The lowest BCUT2D eigenvalue weighted by Gasteiger charge is -2.25. The van der Waals surface area contributed by atoms with Gasteiger partial charge in [-0.05, 0) is 48.2 Å². The van der Waals surface area contributed by atoms with Crippen LogP contribution in [0.3, 0.4) is 0 Å². The molecule has 3 heterocycles. The summed E-state index contributed by atoms with van der Waals surface area (Å²) in [4.78, 5) is 0. The Morgan fingerprint density at radius 3 is 1.31 bits per heavy atom. The fraction of sp³-hybridized carbons (Fsp3) is 0.394. The second-order valence-corrected chi connectivity index (χ2v) is 14.5. The van der Waals surface area contributed by atoms with Crippen molar-refractivity contribution in [1.29, 1.82) is 0 Å². The van der Waals surface area contributed by atoms with Crippen molar-refractivity contribution >= 4 is 16.7 Å². The molecule has 2 atom stereocenters. The highest BCUT2D eigenvalue weighted by Crippen LogP contribution is 2.54. The Labute approximate surface area is 236 Å². The minimum absolute atomic E-state index is 0.0533. The van der Waals surface area contributed by atoms with E-state index in [1.54, 1.807) is 0 Å². The third-order valence-electron chi connectivity index (χ3n) is 6.99. The summed E-state index contributed by atoms with van der Waals surface area (Å²) in [7, 11) is 1.80. The molecule has 2 aromatic carbocycles. The number of aromatic nitrogens is 2. The van der Waals surface area contributed by atoms with Gasteiger partial charge in [-0.2, -0.15) is 0 Å². The first-order chi connectivity index (χ1) is 18.3. The predicted octanol–water partition coefficient (Wildman–Crippen LogP) is 10.1. The van der Waals surface area contributed by atoms with Crippen LogP contribution in [0.4, 0.5) is 0 Å². The molecule has 0 bridgehead atoms. The molecular formula is C33H38N2O2P2. The van der Waals surface area contributed by atoms with Gasteiger partial charge in [-0.1, -0.05) is 102 Å². The second-order valence-electron chi connectivity index (χ2n) is 12.8. The van der Waals surface area contributed by atoms with E-state index in [0.29, 0.717) is 0 Å². The van der Waals surface area contributed by atoms with Gasteiger partial charge in [0.05, 0.1) is 11.4 Å². The summed E-state index contributed by atoms with van der Waals surface area (Å²) in [6.07, 6.45) is -0.584. The first-order valence-corrected chi connectivity index (χ1v) is 15.3. The Bertz CT molecular complexity index is 1350. The van der Waals surface area contributed by atoms with Gasteiger partial charge in [-0.3, -0.25) is 0 Å². The minimum atomic E-state index is -0.744. The van der Waals surface area contributed by atoms with Gasteiger partial charge in [0.15, 0.2) is 5.79 Å². The normalized spacial score (nSPS) is 19.7. The lowest BCUT2D eigenvalue weighted by molar-refractivity contribution is -0.146. The Morgan fingerprint density at radius 1 is 0.615 bits per heavy atom. The lowest BCUT2D eigenvalue weighted by Crippen LogP contribution is -2.20. The highest BCUT2D eigenvalue weighted by Gasteiger charge is 2.46. The van der Waals surface area contributed by atoms with Crippen LogP contribution in [0.15, 0.2) is 72.8 Å². The molecule has 39 heavy (non-hydrogen) atoms. The van der Waals surface area contributed by atoms with Crippen LogP contribution >= 0.6 is 16.7 Å². The molecule has 0 saturated carbocycles. The summed E-state index contributed by atoms with van der Waals surface area (Å²) in [6, 6.07) is 25.7. The van der Waals surface area contributed by atoms with E-state index in [4.69, 9.17) is 19.0 Å². The van der Waals surface area contributed by atoms with Gasteiger partial charge in [-0.15, -0.1) is 0 Å². The van der Waals surface area contributed by atoms with Gasteiger partial charge < -0.3 is 9.47 Å². The Hall–Kier alpha value is -2.48. The third-order valence-corrected chi connectivity index (χ3v) is 9.04. The van der Waals surface area contributed by atoms with Crippen LogP contribution in [0.5, 0.6) is 0 Å². The molecule has 4 aromatic rings. The molecule has 2 unspecified atom stereocenters. The number of hydrogen-bond acceptors (Lipinski definition) is 4. The maximum Gasteiger partial charge on any atom is 0.164 e. The van der Waals surface area contributed by atoms with Crippen molar-refractivity contribution in [3.05, 3.63) is 94.8 Å². The van der Waals surface area contributed by atoms with Crippen LogP contribution in [0, 0.1) is 0 Å². The molecule has 1 saturated heterocycles. The van der Waals surface area contributed by atoms with Gasteiger partial charge in [0.1, 0.15) is 12.2 Å². The molecule has 4 nitrogen and oxygen atoms in total. The molecule has 2 aromatic heterocycles. The zero-order valence-electron chi connectivity index (χ0n) is 24.2. The van der Waals surface area contributed by atoms with Crippen molar-refractivity contribution in [3.8, 4) is 22.3 Å². The first-order valence-electron chi connectivity index (χ1n) is 13.6. The van der Waals surface area contributed by atoms with Crippen molar-refractivity contribution < 1.29 is 9.47 Å². The Balaban J connectivity index is 1.71. The topological polar surface area (TPSA) is 44.2 Å². The number of benzene rings is 2. The standard InChI is InChI=1S/C33H38N2O2P2/c1-31(2,3)25-19-23(21-15-11-9-12-16-21)29(38-34-25)27-28(37-33(7,8)36-27)30-24(22-17-13-10-14-18-22)20-26(35-39-30)32(4,5)6/h9-20,27-28H,1-8H3. The highest BCUT2D eigenvalue weighted by atomic mass is 31.0. The van der Waals surface area contributed by atoms with Gasteiger partial charge in [0, 0.05) is 38.1 Å². The smallest absolute Gasteiger partial charge is 0.164 e. The quantitative estimate of drug-likeness (QED) is 0.251. The van der Waals surface area contributed by atoms with Crippen LogP contribution in [0.2, 0.25) is 0 Å². The third kappa shape index (κ3) is 6.01. The van der Waals surface area contributed by atoms with Crippen LogP contribution in [0.1, 0.15) is 89.6 Å². The van der Waals surface area contributed by atoms with Crippen molar-refractivity contribution in [1.82, 2.24) is 9.49 Å². The van der Waals surface area contributed by atoms with Crippen molar-refractivity contribution in [2.45, 2.75) is 84.2 Å². The fourth-order valence-electron chi connectivity index (χ4n) is 4.81. The molecule has 202 valence electrons. The van der Waals surface area contributed by atoms with Gasteiger partial charge >= 0.3 is 0 Å². The van der Waals surface area contributed by atoms with E-state index in [1.807, 2.05) is 13.8 Å². The first kappa shape index (κ1) is 28.1. The minimum Gasteiger partial charge on any atom is -0.339 e. The number of hydrogen-bond donors (Lipinski definition) is 0. The molecule has 0 spiro atoms. The van der Waals surface area contributed by atoms with Gasteiger partial charge in [-0.25, -0.2) is 9.49 Å². The molecule has 1 aliphatic heterocycles. The maximum absolute atomic E-state index is 6.73. The molecule has 6 heteroatoms. The highest BCUT2D eigenvalue weighted by molar-refractivity contribution is 7.27. The van der Waals surface area contributed by atoms with E-state index < -0.39 is 5.79 Å². The van der Waals surface area contributed by atoms with Gasteiger partial charge in [0.25, 0.3) is 0 Å². The van der Waals surface area contributed by atoms with Crippen LogP contribution in [-0.4, -0.2) is 15.3 Å². The molecule has 0 radical (unpaired) electrons. The summed E-state index contributed by atoms with van der Waals surface area (Å²) in [6.45, 7) is 17.3. The molecule has 0 aliphatic carbocycles. The summed E-state index contributed by atoms with van der Waals surface area (Å²) < 4.78 is 23.5.